The Balaban J connectivity index is 0.000000845. The van der Waals surface area contributed by atoms with Crippen LogP contribution in [0.5, 0.6) is 0 Å². The second-order valence-electron chi connectivity index (χ2n) is 2.90. The molecule has 2 N–H and O–H groups in total. The summed E-state index contributed by atoms with van der Waals surface area (Å²) >= 11 is 0. The highest BCUT2D eigenvalue weighted by molar-refractivity contribution is 5.85. The van der Waals surface area contributed by atoms with Crippen molar-refractivity contribution in [2.24, 2.45) is 0 Å². The van der Waals surface area contributed by atoms with Crippen LogP contribution in [-0.2, 0) is 11.2 Å². The van der Waals surface area contributed by atoms with Crippen molar-refractivity contribution in [1.29, 1.82) is 0 Å². The summed E-state index contributed by atoms with van der Waals surface area (Å²) in [6.07, 6.45) is 0.589. The van der Waals surface area contributed by atoms with Gasteiger partial charge in [-0.05, 0) is 11.6 Å². The first kappa shape index (κ1) is 9.86. The molecule has 0 radical (unpaired) electrons. The maximum atomic E-state index is 10.6. The van der Waals surface area contributed by atoms with E-state index in [-0.39, 0.29) is 12.4 Å². The number of hydrogen-bond acceptors (Lipinski definition) is 2. The van der Waals surface area contributed by atoms with Gasteiger partial charge in [0.15, 0.2) is 0 Å². The molecule has 1 aliphatic heterocycles. The van der Waals surface area contributed by atoms with Crippen LogP contribution in [0.15, 0.2) is 24.3 Å². The highest BCUT2D eigenvalue weighted by atomic mass is 35.5. The lowest BCUT2D eigenvalue weighted by Crippen LogP contribution is -2.26. The molecule has 1 atom stereocenters. The van der Waals surface area contributed by atoms with Crippen LogP contribution in [0, 0.1) is 0 Å². The Kier molecular flexibility index (Phi) is 2.78. The Labute approximate surface area is 82.2 Å². The van der Waals surface area contributed by atoms with Crippen molar-refractivity contribution in [3.05, 3.63) is 29.8 Å². The molecular formula is C9H10ClNO2. The minimum absolute atomic E-state index is 0. The normalized spacial score (nSPS) is 18.3. The van der Waals surface area contributed by atoms with E-state index in [1.54, 1.807) is 0 Å². The molecule has 4 heteroatoms. The number of carboxylic acid groups (broad SMARTS) is 1. The molecule has 0 amide bonds. The molecule has 0 bridgehead atoms. The summed E-state index contributed by atoms with van der Waals surface area (Å²) in [6, 6.07) is 7.23. The lowest BCUT2D eigenvalue weighted by atomic mass is 10.1. The summed E-state index contributed by atoms with van der Waals surface area (Å²) < 4.78 is 0. The van der Waals surface area contributed by atoms with E-state index in [9.17, 15) is 4.79 Å². The zero-order chi connectivity index (χ0) is 8.55. The number of fused-ring (bicyclic) bond motifs is 1. The average Bonchev–Trinajstić information content (AvgIpc) is 2.46. The summed E-state index contributed by atoms with van der Waals surface area (Å²) in [6.45, 7) is 0. The summed E-state index contributed by atoms with van der Waals surface area (Å²) in [5, 5.41) is 11.7. The fourth-order valence-electron chi connectivity index (χ4n) is 1.45. The van der Waals surface area contributed by atoms with Crippen molar-refractivity contribution >= 4 is 24.1 Å². The number of carboxylic acids is 1. The second kappa shape index (κ2) is 3.66. The number of aliphatic carboxylic acids is 1. The van der Waals surface area contributed by atoms with Gasteiger partial charge in [0.05, 0.1) is 0 Å². The Bertz CT molecular complexity index is 302. The molecule has 0 fully saturated rings. The van der Waals surface area contributed by atoms with Crippen LogP contribution in [0.4, 0.5) is 5.69 Å². The number of halogens is 1. The van der Waals surface area contributed by atoms with Gasteiger partial charge in [-0.3, -0.25) is 0 Å². The Morgan fingerprint density at radius 3 is 2.77 bits per heavy atom. The van der Waals surface area contributed by atoms with Gasteiger partial charge in [0, 0.05) is 12.1 Å². The van der Waals surface area contributed by atoms with Crippen molar-refractivity contribution < 1.29 is 9.90 Å². The van der Waals surface area contributed by atoms with Crippen LogP contribution in [0.2, 0.25) is 0 Å². The summed E-state index contributed by atoms with van der Waals surface area (Å²) in [5.74, 6) is -0.786. The highest BCUT2D eigenvalue weighted by Gasteiger charge is 2.25. The number of carbonyl (C=O) groups is 1. The van der Waals surface area contributed by atoms with Gasteiger partial charge in [0.25, 0.3) is 0 Å². The Hall–Kier alpha value is -1.22. The average molecular weight is 200 g/mol. The molecule has 3 nitrogen and oxygen atoms in total. The molecule has 0 spiro atoms. The maximum absolute atomic E-state index is 10.6. The topological polar surface area (TPSA) is 49.3 Å². The van der Waals surface area contributed by atoms with Gasteiger partial charge in [-0.15, -0.1) is 12.4 Å². The number of nitrogens with one attached hydrogen (secondary N) is 1. The van der Waals surface area contributed by atoms with Crippen molar-refractivity contribution in [3.8, 4) is 0 Å². The lowest BCUT2D eigenvalue weighted by Gasteiger charge is -2.02. The van der Waals surface area contributed by atoms with Gasteiger partial charge in [0.2, 0.25) is 0 Å². The number of benzene rings is 1. The fourth-order valence-corrected chi connectivity index (χ4v) is 1.45. The van der Waals surface area contributed by atoms with Gasteiger partial charge in [0.1, 0.15) is 6.04 Å². The quantitative estimate of drug-likeness (QED) is 0.721. The highest BCUT2D eigenvalue weighted by Crippen LogP contribution is 2.24. The number of anilines is 1. The van der Waals surface area contributed by atoms with Crippen LogP contribution in [0.3, 0.4) is 0 Å². The van der Waals surface area contributed by atoms with Crippen LogP contribution >= 0.6 is 12.4 Å². The Morgan fingerprint density at radius 2 is 2.15 bits per heavy atom. The standard InChI is InChI=1S/C9H9NO2.ClH/c11-9(12)8-5-6-3-1-2-4-7(6)10-8;/h1-4,8,10H,5H2,(H,11,12);1H. The minimum Gasteiger partial charge on any atom is -0.480 e. The molecule has 0 saturated carbocycles. The molecule has 0 aliphatic carbocycles. The van der Waals surface area contributed by atoms with Crippen LogP contribution in [0.1, 0.15) is 5.56 Å². The first-order valence-corrected chi connectivity index (χ1v) is 3.84. The third-order valence-electron chi connectivity index (χ3n) is 2.07. The predicted molar refractivity (Wildman–Crippen MR) is 52.4 cm³/mol. The fraction of sp³-hybridized carbons (Fsp3) is 0.222. The molecule has 1 unspecified atom stereocenters. The van der Waals surface area contributed by atoms with Crippen LogP contribution in [-0.4, -0.2) is 17.1 Å². The molecule has 70 valence electrons. The van der Waals surface area contributed by atoms with Crippen LogP contribution < -0.4 is 5.32 Å². The first-order chi connectivity index (χ1) is 5.77. The van der Waals surface area contributed by atoms with E-state index in [1.165, 1.54) is 0 Å². The molecule has 0 aromatic heterocycles. The Morgan fingerprint density at radius 1 is 1.46 bits per heavy atom. The molecule has 1 heterocycles. The van der Waals surface area contributed by atoms with E-state index in [2.05, 4.69) is 5.32 Å². The van der Waals surface area contributed by atoms with Gasteiger partial charge in [-0.25, -0.2) is 4.79 Å². The number of para-hydroxylation sites is 1. The van der Waals surface area contributed by atoms with E-state index in [4.69, 9.17) is 5.11 Å². The minimum atomic E-state index is -0.786. The number of hydrogen-bond donors (Lipinski definition) is 2. The van der Waals surface area contributed by atoms with Gasteiger partial charge in [-0.1, -0.05) is 18.2 Å². The van der Waals surface area contributed by atoms with Gasteiger partial charge < -0.3 is 10.4 Å². The zero-order valence-corrected chi connectivity index (χ0v) is 7.67. The molecule has 1 aromatic carbocycles. The van der Waals surface area contributed by atoms with Crippen molar-refractivity contribution in [2.75, 3.05) is 5.32 Å². The summed E-state index contributed by atoms with van der Waals surface area (Å²) in [5.41, 5.74) is 2.04. The molecule has 2 rings (SSSR count). The third-order valence-corrected chi connectivity index (χ3v) is 2.07. The van der Waals surface area contributed by atoms with Gasteiger partial charge >= 0.3 is 5.97 Å². The van der Waals surface area contributed by atoms with Crippen LogP contribution in [0.25, 0.3) is 0 Å². The molecule has 13 heavy (non-hydrogen) atoms. The number of rotatable bonds is 1. The summed E-state index contributed by atoms with van der Waals surface area (Å²) in [7, 11) is 0. The second-order valence-corrected chi connectivity index (χ2v) is 2.90. The molecule has 1 aromatic rings. The lowest BCUT2D eigenvalue weighted by molar-refractivity contribution is -0.137. The van der Waals surface area contributed by atoms with E-state index < -0.39 is 12.0 Å². The largest absolute Gasteiger partial charge is 0.480 e. The smallest absolute Gasteiger partial charge is 0.326 e. The molecule has 0 saturated heterocycles. The maximum Gasteiger partial charge on any atom is 0.326 e. The predicted octanol–water partition coefficient (Wildman–Crippen LogP) is 1.53. The van der Waals surface area contributed by atoms with Crippen molar-refractivity contribution in [2.45, 2.75) is 12.5 Å². The molecule has 1 aliphatic rings. The SMILES string of the molecule is Cl.O=C(O)C1Cc2ccccc2N1. The first-order valence-electron chi connectivity index (χ1n) is 3.84. The third kappa shape index (κ3) is 1.75. The summed E-state index contributed by atoms with van der Waals surface area (Å²) in [4.78, 5) is 10.6. The molecular weight excluding hydrogens is 190 g/mol. The van der Waals surface area contributed by atoms with E-state index in [1.807, 2.05) is 24.3 Å². The van der Waals surface area contributed by atoms with E-state index in [0.717, 1.165) is 11.3 Å². The van der Waals surface area contributed by atoms with E-state index >= 15 is 0 Å². The van der Waals surface area contributed by atoms with E-state index in [0.29, 0.717) is 6.42 Å². The van der Waals surface area contributed by atoms with Gasteiger partial charge in [-0.2, -0.15) is 0 Å². The van der Waals surface area contributed by atoms with Crippen molar-refractivity contribution in [3.63, 3.8) is 0 Å². The zero-order valence-electron chi connectivity index (χ0n) is 6.86. The monoisotopic (exact) mass is 199 g/mol. The van der Waals surface area contributed by atoms with Crippen molar-refractivity contribution in [1.82, 2.24) is 0 Å².